The van der Waals surface area contributed by atoms with Gasteiger partial charge in [-0.2, -0.15) is 0 Å². The largest absolute Gasteiger partial charge is 0.355 e. The fourth-order valence-corrected chi connectivity index (χ4v) is 3.26. The molecule has 1 aromatic carbocycles. The number of halogens is 1. The predicted octanol–water partition coefficient (Wildman–Crippen LogP) is 3.53. The molecule has 20 heavy (non-hydrogen) atoms. The molecule has 0 amide bonds. The summed E-state index contributed by atoms with van der Waals surface area (Å²) < 4.78 is 1.07. The van der Waals surface area contributed by atoms with Crippen LogP contribution in [0.4, 0.5) is 5.82 Å². The van der Waals surface area contributed by atoms with Crippen LogP contribution in [0.15, 0.2) is 34.8 Å². The molecule has 0 radical (unpaired) electrons. The second kappa shape index (κ2) is 6.10. The quantitative estimate of drug-likeness (QED) is 0.838. The molecule has 0 saturated carbocycles. The molecule has 0 aliphatic carbocycles. The molecule has 0 spiro atoms. The van der Waals surface area contributed by atoms with E-state index in [1.54, 1.807) is 0 Å². The van der Waals surface area contributed by atoms with Gasteiger partial charge in [-0.05, 0) is 53.6 Å². The van der Waals surface area contributed by atoms with Crippen LogP contribution in [0.1, 0.15) is 13.3 Å². The molecule has 1 aromatic heterocycles. The van der Waals surface area contributed by atoms with E-state index in [2.05, 4.69) is 63.0 Å². The molecule has 0 bridgehead atoms. The molecule has 2 heterocycles. The van der Waals surface area contributed by atoms with Crippen molar-refractivity contribution in [3.63, 3.8) is 0 Å². The van der Waals surface area contributed by atoms with Crippen molar-refractivity contribution in [3.8, 4) is 0 Å². The molecule has 4 heteroatoms. The van der Waals surface area contributed by atoms with Crippen LogP contribution in [0.2, 0.25) is 0 Å². The van der Waals surface area contributed by atoms with Crippen LogP contribution in [-0.2, 0) is 0 Å². The average Bonchev–Trinajstić information content (AvgIpc) is 2.73. The number of anilines is 1. The lowest BCUT2D eigenvalue weighted by Crippen LogP contribution is -2.31. The highest BCUT2D eigenvalue weighted by atomic mass is 79.9. The Kier molecular flexibility index (Phi) is 4.22. The monoisotopic (exact) mass is 333 g/mol. The number of benzene rings is 1. The van der Waals surface area contributed by atoms with Gasteiger partial charge in [0.1, 0.15) is 5.82 Å². The summed E-state index contributed by atoms with van der Waals surface area (Å²) >= 11 is 3.60. The van der Waals surface area contributed by atoms with E-state index in [-0.39, 0.29) is 0 Å². The molecule has 0 N–H and O–H groups in total. The third-order valence-corrected chi connectivity index (χ3v) is 4.66. The highest BCUT2D eigenvalue weighted by molar-refractivity contribution is 9.10. The number of pyridine rings is 1. The standard InChI is InChI=1S/C16H20BrN3/c1-2-19-9-4-10-20(12-11-19)15-8-7-13-5-3-6-14(17)16(13)18-15/h3,5-8H,2,4,9-12H2,1H3. The summed E-state index contributed by atoms with van der Waals surface area (Å²) in [5.74, 6) is 1.10. The Labute approximate surface area is 128 Å². The van der Waals surface area contributed by atoms with Crippen molar-refractivity contribution < 1.29 is 0 Å². The molecular weight excluding hydrogens is 314 g/mol. The van der Waals surface area contributed by atoms with E-state index in [4.69, 9.17) is 4.98 Å². The van der Waals surface area contributed by atoms with Crippen molar-refractivity contribution in [2.75, 3.05) is 37.6 Å². The number of likely N-dealkylation sites (N-methyl/N-ethyl adjacent to an activating group) is 1. The Morgan fingerprint density at radius 2 is 2.00 bits per heavy atom. The second-order valence-electron chi connectivity index (χ2n) is 5.26. The van der Waals surface area contributed by atoms with Crippen molar-refractivity contribution in [3.05, 3.63) is 34.8 Å². The summed E-state index contributed by atoms with van der Waals surface area (Å²) in [6.07, 6.45) is 1.21. The lowest BCUT2D eigenvalue weighted by atomic mass is 10.2. The summed E-state index contributed by atoms with van der Waals surface area (Å²) in [5.41, 5.74) is 1.06. The maximum absolute atomic E-state index is 4.85. The highest BCUT2D eigenvalue weighted by Gasteiger charge is 2.15. The fraction of sp³-hybridized carbons (Fsp3) is 0.438. The Morgan fingerprint density at radius 1 is 1.10 bits per heavy atom. The number of para-hydroxylation sites is 1. The van der Waals surface area contributed by atoms with Gasteiger partial charge in [-0.3, -0.25) is 0 Å². The van der Waals surface area contributed by atoms with Crippen LogP contribution in [0.25, 0.3) is 10.9 Å². The van der Waals surface area contributed by atoms with Gasteiger partial charge in [0.15, 0.2) is 0 Å². The van der Waals surface area contributed by atoms with Gasteiger partial charge in [-0.25, -0.2) is 4.98 Å². The first kappa shape index (κ1) is 13.8. The van der Waals surface area contributed by atoms with Crippen molar-refractivity contribution in [1.82, 2.24) is 9.88 Å². The molecule has 1 fully saturated rings. The molecule has 1 aliphatic rings. The van der Waals surface area contributed by atoms with Gasteiger partial charge in [-0.15, -0.1) is 0 Å². The van der Waals surface area contributed by atoms with Gasteiger partial charge < -0.3 is 9.80 Å². The summed E-state index contributed by atoms with van der Waals surface area (Å²) in [6, 6.07) is 10.5. The van der Waals surface area contributed by atoms with Crippen molar-refractivity contribution in [1.29, 1.82) is 0 Å². The normalized spacial score (nSPS) is 17.4. The minimum Gasteiger partial charge on any atom is -0.355 e. The molecule has 0 unspecified atom stereocenters. The summed E-state index contributed by atoms with van der Waals surface area (Å²) in [7, 11) is 0. The summed E-state index contributed by atoms with van der Waals surface area (Å²) in [6.45, 7) is 7.87. The van der Waals surface area contributed by atoms with Crippen LogP contribution in [0, 0.1) is 0 Å². The lowest BCUT2D eigenvalue weighted by Gasteiger charge is -2.22. The number of hydrogen-bond donors (Lipinski definition) is 0. The van der Waals surface area contributed by atoms with Crippen LogP contribution in [0.5, 0.6) is 0 Å². The highest BCUT2D eigenvalue weighted by Crippen LogP contribution is 2.25. The van der Waals surface area contributed by atoms with Crippen molar-refractivity contribution >= 4 is 32.7 Å². The van der Waals surface area contributed by atoms with E-state index in [1.807, 2.05) is 0 Å². The molecule has 1 saturated heterocycles. The molecule has 2 aromatic rings. The van der Waals surface area contributed by atoms with Gasteiger partial charge >= 0.3 is 0 Å². The first-order valence-corrected chi connectivity index (χ1v) is 8.10. The van der Waals surface area contributed by atoms with Gasteiger partial charge in [0.05, 0.1) is 5.52 Å². The van der Waals surface area contributed by atoms with Crippen LogP contribution in [-0.4, -0.2) is 42.6 Å². The van der Waals surface area contributed by atoms with E-state index in [0.29, 0.717) is 0 Å². The number of fused-ring (bicyclic) bond motifs is 1. The smallest absolute Gasteiger partial charge is 0.129 e. The van der Waals surface area contributed by atoms with E-state index >= 15 is 0 Å². The van der Waals surface area contributed by atoms with E-state index in [9.17, 15) is 0 Å². The Bertz CT molecular complexity index is 599. The van der Waals surface area contributed by atoms with Crippen molar-refractivity contribution in [2.24, 2.45) is 0 Å². The number of rotatable bonds is 2. The topological polar surface area (TPSA) is 19.4 Å². The SMILES string of the molecule is CCN1CCCN(c2ccc3cccc(Br)c3n2)CC1. The van der Waals surface area contributed by atoms with Crippen LogP contribution in [0.3, 0.4) is 0 Å². The molecule has 3 rings (SSSR count). The van der Waals surface area contributed by atoms with E-state index < -0.39 is 0 Å². The minimum atomic E-state index is 1.06. The third kappa shape index (κ3) is 2.81. The minimum absolute atomic E-state index is 1.06. The summed E-state index contributed by atoms with van der Waals surface area (Å²) in [4.78, 5) is 9.77. The predicted molar refractivity (Wildman–Crippen MR) is 88.4 cm³/mol. The maximum Gasteiger partial charge on any atom is 0.129 e. The average molecular weight is 334 g/mol. The third-order valence-electron chi connectivity index (χ3n) is 4.02. The maximum atomic E-state index is 4.85. The van der Waals surface area contributed by atoms with E-state index in [1.165, 1.54) is 18.4 Å². The molecule has 3 nitrogen and oxygen atoms in total. The van der Waals surface area contributed by atoms with Crippen LogP contribution >= 0.6 is 15.9 Å². The Morgan fingerprint density at radius 3 is 2.85 bits per heavy atom. The zero-order chi connectivity index (χ0) is 13.9. The van der Waals surface area contributed by atoms with Crippen molar-refractivity contribution in [2.45, 2.75) is 13.3 Å². The van der Waals surface area contributed by atoms with Crippen LogP contribution < -0.4 is 4.90 Å². The van der Waals surface area contributed by atoms with Gasteiger partial charge in [0.25, 0.3) is 0 Å². The fourth-order valence-electron chi connectivity index (χ4n) is 2.79. The molecule has 1 aliphatic heterocycles. The number of hydrogen-bond acceptors (Lipinski definition) is 3. The first-order valence-electron chi connectivity index (χ1n) is 7.30. The van der Waals surface area contributed by atoms with Gasteiger partial charge in [0, 0.05) is 29.5 Å². The summed E-state index contributed by atoms with van der Waals surface area (Å²) in [5, 5.41) is 1.19. The van der Waals surface area contributed by atoms with Gasteiger partial charge in [0.2, 0.25) is 0 Å². The zero-order valence-corrected chi connectivity index (χ0v) is 13.4. The lowest BCUT2D eigenvalue weighted by molar-refractivity contribution is 0.310. The zero-order valence-electron chi connectivity index (χ0n) is 11.8. The molecular formula is C16H20BrN3. The van der Waals surface area contributed by atoms with Gasteiger partial charge in [-0.1, -0.05) is 19.1 Å². The van der Waals surface area contributed by atoms with E-state index in [0.717, 1.165) is 42.0 Å². The second-order valence-corrected chi connectivity index (χ2v) is 6.11. The number of nitrogens with zero attached hydrogens (tertiary/aromatic N) is 3. The number of aromatic nitrogens is 1. The Balaban J connectivity index is 1.88. The molecule has 106 valence electrons. The Hall–Kier alpha value is -1.13. The molecule has 0 atom stereocenters. The first-order chi connectivity index (χ1) is 9.78.